The van der Waals surface area contributed by atoms with Gasteiger partial charge in [-0.1, -0.05) is 20.8 Å². The second-order valence-corrected chi connectivity index (χ2v) is 5.30. The summed E-state index contributed by atoms with van der Waals surface area (Å²) in [7, 11) is 0. The molecule has 1 aliphatic carbocycles. The first kappa shape index (κ1) is 12.5. The molecule has 0 radical (unpaired) electrons. The first-order valence-corrected chi connectivity index (χ1v) is 5.18. The van der Waals surface area contributed by atoms with Crippen molar-refractivity contribution in [2.24, 2.45) is 10.8 Å². The number of hydrogen-bond donors (Lipinski definition) is 2. The molecule has 0 heterocycles. The van der Waals surface area contributed by atoms with Crippen LogP contribution in [0.25, 0.3) is 0 Å². The quantitative estimate of drug-likeness (QED) is 0.745. The van der Waals surface area contributed by atoms with E-state index in [0.29, 0.717) is 12.8 Å². The van der Waals surface area contributed by atoms with E-state index >= 15 is 0 Å². The van der Waals surface area contributed by atoms with E-state index in [0.717, 1.165) is 0 Å². The average molecular weight is 224 g/mol. The zero-order valence-corrected chi connectivity index (χ0v) is 9.70. The van der Waals surface area contributed by atoms with E-state index in [1.807, 2.05) is 6.07 Å². The number of amides is 1. The Labute approximate surface area is 94.4 Å². The molecule has 2 N–H and O–H groups in total. The molecule has 1 unspecified atom stereocenters. The van der Waals surface area contributed by atoms with Crippen LogP contribution in [0.15, 0.2) is 0 Å². The Morgan fingerprint density at radius 3 is 2.19 bits per heavy atom. The number of aliphatic carboxylic acids is 1. The van der Waals surface area contributed by atoms with Crippen molar-refractivity contribution in [2.45, 2.75) is 39.7 Å². The Balaban J connectivity index is 2.75. The molecule has 0 aliphatic heterocycles. The number of rotatable bonds is 3. The lowest BCUT2D eigenvalue weighted by atomic mass is 9.86. The third-order valence-corrected chi connectivity index (χ3v) is 2.79. The van der Waals surface area contributed by atoms with Crippen molar-refractivity contribution in [3.63, 3.8) is 0 Å². The summed E-state index contributed by atoms with van der Waals surface area (Å²) in [5, 5.41) is 20.3. The second kappa shape index (κ2) is 3.78. The molecule has 0 aromatic rings. The molecule has 16 heavy (non-hydrogen) atoms. The first-order valence-electron chi connectivity index (χ1n) is 5.18. The van der Waals surface area contributed by atoms with Crippen molar-refractivity contribution in [3.05, 3.63) is 0 Å². The molecule has 0 saturated heterocycles. The molecule has 1 saturated carbocycles. The Hall–Kier alpha value is -1.57. The minimum atomic E-state index is -1.07. The predicted molar refractivity (Wildman–Crippen MR) is 56.3 cm³/mol. The number of nitriles is 1. The summed E-state index contributed by atoms with van der Waals surface area (Å²) in [6.45, 7) is 5.20. The van der Waals surface area contributed by atoms with E-state index in [4.69, 9.17) is 10.4 Å². The number of hydrogen-bond acceptors (Lipinski definition) is 3. The summed E-state index contributed by atoms with van der Waals surface area (Å²) in [5.41, 5.74) is -1.55. The zero-order valence-electron chi connectivity index (χ0n) is 9.70. The molecule has 1 rings (SSSR count). The van der Waals surface area contributed by atoms with E-state index in [1.54, 1.807) is 20.8 Å². The molecule has 1 atom stereocenters. The van der Waals surface area contributed by atoms with Crippen LogP contribution in [0, 0.1) is 22.2 Å². The summed E-state index contributed by atoms with van der Waals surface area (Å²) in [6, 6.07) is 0.976. The maximum Gasteiger partial charge on any atom is 0.326 e. The lowest BCUT2D eigenvalue weighted by Gasteiger charge is -2.28. The maximum absolute atomic E-state index is 11.7. The Kier molecular flexibility index (Phi) is 2.95. The Bertz CT molecular complexity index is 358. The second-order valence-electron chi connectivity index (χ2n) is 5.30. The third-order valence-electron chi connectivity index (χ3n) is 2.79. The topological polar surface area (TPSA) is 90.2 Å². The predicted octanol–water partition coefficient (Wildman–Crippen LogP) is 0.906. The van der Waals surface area contributed by atoms with Gasteiger partial charge in [0.15, 0.2) is 0 Å². The van der Waals surface area contributed by atoms with Crippen LogP contribution < -0.4 is 5.32 Å². The normalized spacial score (nSPS) is 19.4. The van der Waals surface area contributed by atoms with Crippen molar-refractivity contribution in [2.75, 3.05) is 0 Å². The lowest BCUT2D eigenvalue weighted by molar-refractivity contribution is -0.145. The summed E-state index contributed by atoms with van der Waals surface area (Å²) >= 11 is 0. The summed E-state index contributed by atoms with van der Waals surface area (Å²) in [6.07, 6.45) is 1.04. The minimum Gasteiger partial charge on any atom is -0.480 e. The van der Waals surface area contributed by atoms with Crippen LogP contribution in [0.5, 0.6) is 0 Å². The van der Waals surface area contributed by atoms with Crippen LogP contribution in [0.4, 0.5) is 0 Å². The fourth-order valence-electron chi connectivity index (χ4n) is 1.43. The van der Waals surface area contributed by atoms with E-state index in [1.165, 1.54) is 0 Å². The van der Waals surface area contributed by atoms with Crippen LogP contribution in [0.1, 0.15) is 33.6 Å². The van der Waals surface area contributed by atoms with Crippen LogP contribution in [0.3, 0.4) is 0 Å². The van der Waals surface area contributed by atoms with Gasteiger partial charge in [0, 0.05) is 0 Å². The number of carboxylic acids is 1. The number of nitrogens with zero attached hydrogens (tertiary/aromatic N) is 1. The van der Waals surface area contributed by atoms with Crippen molar-refractivity contribution in [1.29, 1.82) is 5.26 Å². The van der Waals surface area contributed by atoms with Gasteiger partial charge in [-0.05, 0) is 18.3 Å². The highest BCUT2D eigenvalue weighted by molar-refractivity contribution is 5.91. The molecule has 0 aromatic carbocycles. The van der Waals surface area contributed by atoms with Gasteiger partial charge in [-0.15, -0.1) is 0 Å². The molecule has 88 valence electrons. The van der Waals surface area contributed by atoms with E-state index in [9.17, 15) is 9.59 Å². The van der Waals surface area contributed by atoms with Gasteiger partial charge in [0.1, 0.15) is 11.5 Å². The molecular weight excluding hydrogens is 208 g/mol. The van der Waals surface area contributed by atoms with Gasteiger partial charge in [-0.3, -0.25) is 4.79 Å². The average Bonchev–Trinajstić information content (AvgIpc) is 2.91. The maximum atomic E-state index is 11.7. The number of carbonyl (C=O) groups is 2. The highest BCUT2D eigenvalue weighted by Gasteiger charge is 2.52. The van der Waals surface area contributed by atoms with E-state index in [2.05, 4.69) is 5.32 Å². The van der Waals surface area contributed by atoms with Crippen LogP contribution in [-0.2, 0) is 9.59 Å². The van der Waals surface area contributed by atoms with Crippen LogP contribution in [0.2, 0.25) is 0 Å². The van der Waals surface area contributed by atoms with Crippen LogP contribution in [-0.4, -0.2) is 23.0 Å². The number of nitrogens with one attached hydrogen (secondary N) is 1. The molecular formula is C11H16N2O3. The van der Waals surface area contributed by atoms with Gasteiger partial charge in [-0.25, -0.2) is 4.79 Å². The van der Waals surface area contributed by atoms with E-state index in [-0.39, 0.29) is 0 Å². The SMILES string of the molecule is CC(C)(C)C(NC(=O)C1(C#N)CC1)C(=O)O. The summed E-state index contributed by atoms with van der Waals surface area (Å²) in [5.74, 6) is -1.54. The molecule has 0 aromatic heterocycles. The van der Waals surface area contributed by atoms with Crippen LogP contribution >= 0.6 is 0 Å². The monoisotopic (exact) mass is 224 g/mol. The highest BCUT2D eigenvalue weighted by Crippen LogP contribution is 2.45. The number of carboxylic acid groups (broad SMARTS) is 1. The zero-order chi connectivity index (χ0) is 12.6. The Morgan fingerprint density at radius 2 is 1.94 bits per heavy atom. The van der Waals surface area contributed by atoms with Gasteiger partial charge in [0.25, 0.3) is 0 Å². The molecule has 0 spiro atoms. The molecule has 1 amide bonds. The fourth-order valence-corrected chi connectivity index (χ4v) is 1.43. The smallest absolute Gasteiger partial charge is 0.326 e. The van der Waals surface area contributed by atoms with E-state index < -0.39 is 28.7 Å². The van der Waals surface area contributed by atoms with Gasteiger partial charge in [-0.2, -0.15) is 5.26 Å². The van der Waals surface area contributed by atoms with Crippen molar-refractivity contribution >= 4 is 11.9 Å². The minimum absolute atomic E-state index is 0.461. The first-order chi connectivity index (χ1) is 7.23. The van der Waals surface area contributed by atoms with Gasteiger partial charge in [0.05, 0.1) is 6.07 Å². The van der Waals surface area contributed by atoms with Gasteiger partial charge in [0.2, 0.25) is 5.91 Å². The highest BCUT2D eigenvalue weighted by atomic mass is 16.4. The largest absolute Gasteiger partial charge is 0.480 e. The number of carbonyl (C=O) groups excluding carboxylic acids is 1. The molecule has 1 fully saturated rings. The molecule has 5 heteroatoms. The fraction of sp³-hybridized carbons (Fsp3) is 0.727. The lowest BCUT2D eigenvalue weighted by Crippen LogP contribution is -2.51. The van der Waals surface area contributed by atoms with Crippen molar-refractivity contribution < 1.29 is 14.7 Å². The van der Waals surface area contributed by atoms with Crippen molar-refractivity contribution in [1.82, 2.24) is 5.32 Å². The summed E-state index contributed by atoms with van der Waals surface area (Å²) < 4.78 is 0. The van der Waals surface area contributed by atoms with Gasteiger partial charge >= 0.3 is 5.97 Å². The molecule has 0 bridgehead atoms. The molecule has 5 nitrogen and oxygen atoms in total. The third kappa shape index (κ3) is 2.32. The Morgan fingerprint density at radius 1 is 1.44 bits per heavy atom. The van der Waals surface area contributed by atoms with Crippen molar-refractivity contribution in [3.8, 4) is 6.07 Å². The summed E-state index contributed by atoms with van der Waals surface area (Å²) in [4.78, 5) is 22.7. The van der Waals surface area contributed by atoms with Gasteiger partial charge < -0.3 is 10.4 Å². The molecule has 1 aliphatic rings. The standard InChI is InChI=1S/C11H16N2O3/c1-10(2,3)7(8(14)15)13-9(16)11(6-12)4-5-11/h7H,4-5H2,1-3H3,(H,13,16)(H,14,15).